The van der Waals surface area contributed by atoms with Gasteiger partial charge in [0.2, 0.25) is 0 Å². The van der Waals surface area contributed by atoms with Crippen molar-refractivity contribution < 1.29 is 18.9 Å². The van der Waals surface area contributed by atoms with E-state index in [1.54, 1.807) is 0 Å². The van der Waals surface area contributed by atoms with Crippen LogP contribution in [0.5, 0.6) is 11.5 Å². The second-order valence-corrected chi connectivity index (χ2v) is 12.7. The molecular weight excluding hydrogens is 448 g/mol. The first kappa shape index (κ1) is 25.4. The van der Waals surface area contributed by atoms with E-state index in [2.05, 4.69) is 89.2 Å². The molecule has 1 aliphatic carbocycles. The summed E-state index contributed by atoms with van der Waals surface area (Å²) in [5.74, 6) is 2.83. The molecule has 194 valence electrons. The number of ether oxygens (including phenoxy) is 4. The van der Waals surface area contributed by atoms with Crippen molar-refractivity contribution in [1.29, 1.82) is 0 Å². The van der Waals surface area contributed by atoms with Gasteiger partial charge in [0.1, 0.15) is 36.9 Å². The van der Waals surface area contributed by atoms with E-state index in [4.69, 9.17) is 18.9 Å². The third kappa shape index (κ3) is 6.72. The highest BCUT2D eigenvalue weighted by Gasteiger charge is 2.32. The molecule has 2 aromatic rings. The zero-order valence-electron chi connectivity index (χ0n) is 22.6. The summed E-state index contributed by atoms with van der Waals surface area (Å²) in [7, 11) is 0. The molecule has 2 fully saturated rings. The number of rotatable bonds is 10. The van der Waals surface area contributed by atoms with Crippen LogP contribution < -0.4 is 9.47 Å². The summed E-state index contributed by atoms with van der Waals surface area (Å²) < 4.78 is 22.7. The maximum absolute atomic E-state index is 6.26. The lowest BCUT2D eigenvalue weighted by Gasteiger charge is -2.35. The summed E-state index contributed by atoms with van der Waals surface area (Å²) in [6, 6.07) is 15.5. The highest BCUT2D eigenvalue weighted by atomic mass is 16.6. The van der Waals surface area contributed by atoms with Gasteiger partial charge in [-0.1, -0.05) is 71.0 Å². The van der Waals surface area contributed by atoms with Crippen LogP contribution in [0.25, 0.3) is 0 Å². The van der Waals surface area contributed by atoms with E-state index >= 15 is 0 Å². The summed E-state index contributed by atoms with van der Waals surface area (Å²) in [4.78, 5) is 0. The predicted molar refractivity (Wildman–Crippen MR) is 144 cm³/mol. The normalized spacial score (nSPS) is 25.5. The lowest BCUT2D eigenvalue weighted by molar-refractivity contribution is 0.245. The van der Waals surface area contributed by atoms with Crippen molar-refractivity contribution in [2.45, 2.75) is 83.3 Å². The van der Waals surface area contributed by atoms with Crippen molar-refractivity contribution in [3.05, 3.63) is 71.3 Å². The Morgan fingerprint density at radius 3 is 1.86 bits per heavy atom. The molecule has 36 heavy (non-hydrogen) atoms. The first-order chi connectivity index (χ1) is 17.2. The molecule has 0 amide bonds. The first-order valence-corrected chi connectivity index (χ1v) is 13.6. The average Bonchev–Trinajstić information content (AvgIpc) is 3.76. The Balaban J connectivity index is 1.29. The van der Waals surface area contributed by atoms with Gasteiger partial charge in [-0.3, -0.25) is 0 Å². The molecule has 2 aliphatic heterocycles. The number of allylic oxidation sites excluding steroid dienone is 2. The monoisotopic (exact) mass is 490 g/mol. The third-order valence-corrected chi connectivity index (χ3v) is 7.47. The van der Waals surface area contributed by atoms with E-state index in [0.29, 0.717) is 25.0 Å². The molecule has 4 heteroatoms. The molecule has 0 aromatic heterocycles. The van der Waals surface area contributed by atoms with Crippen molar-refractivity contribution in [1.82, 2.24) is 0 Å². The fourth-order valence-electron chi connectivity index (χ4n) is 5.74. The first-order valence-electron chi connectivity index (χ1n) is 13.6. The molecule has 2 heterocycles. The minimum Gasteiger partial charge on any atom is -0.491 e. The molecule has 2 saturated heterocycles. The van der Waals surface area contributed by atoms with Gasteiger partial charge in [-0.2, -0.15) is 0 Å². The Kier molecular flexibility index (Phi) is 7.20. The van der Waals surface area contributed by atoms with Crippen molar-refractivity contribution >= 4 is 0 Å². The van der Waals surface area contributed by atoms with Gasteiger partial charge in [0.25, 0.3) is 0 Å². The van der Waals surface area contributed by atoms with Crippen LogP contribution in [0.1, 0.15) is 82.4 Å². The van der Waals surface area contributed by atoms with E-state index in [9.17, 15) is 0 Å². The van der Waals surface area contributed by atoms with E-state index in [-0.39, 0.29) is 23.0 Å². The molecule has 4 unspecified atom stereocenters. The van der Waals surface area contributed by atoms with Gasteiger partial charge >= 0.3 is 0 Å². The van der Waals surface area contributed by atoms with Crippen molar-refractivity contribution in [2.75, 3.05) is 26.4 Å². The lowest BCUT2D eigenvalue weighted by Crippen LogP contribution is -2.26. The molecule has 0 radical (unpaired) electrons. The summed E-state index contributed by atoms with van der Waals surface area (Å²) in [5.41, 5.74) is 4.32. The molecule has 4 atom stereocenters. The fourth-order valence-corrected chi connectivity index (χ4v) is 5.74. The van der Waals surface area contributed by atoms with E-state index in [1.165, 1.54) is 16.7 Å². The maximum atomic E-state index is 6.26. The number of hydrogen-bond acceptors (Lipinski definition) is 4. The highest BCUT2D eigenvalue weighted by Crippen LogP contribution is 2.43. The van der Waals surface area contributed by atoms with Gasteiger partial charge in [0.05, 0.1) is 13.2 Å². The van der Waals surface area contributed by atoms with Gasteiger partial charge in [0.15, 0.2) is 0 Å². The van der Waals surface area contributed by atoms with Crippen LogP contribution in [-0.4, -0.2) is 38.6 Å². The molecular formula is C32H42O4. The van der Waals surface area contributed by atoms with E-state index < -0.39 is 0 Å². The van der Waals surface area contributed by atoms with Crippen LogP contribution in [0.4, 0.5) is 0 Å². The molecule has 2 aromatic carbocycles. The van der Waals surface area contributed by atoms with Crippen molar-refractivity contribution in [3.63, 3.8) is 0 Å². The van der Waals surface area contributed by atoms with Crippen molar-refractivity contribution in [3.8, 4) is 11.5 Å². The third-order valence-electron chi connectivity index (χ3n) is 7.47. The quantitative estimate of drug-likeness (QED) is 0.261. The SMILES string of the molecule is CC(C)(C)CC(C)(C)c1cc(C2C=CC(c3ccc(OCC4CO4)cc3)CC2)ccc1OCC1CO1. The Morgan fingerprint density at radius 2 is 1.31 bits per heavy atom. The summed E-state index contributed by atoms with van der Waals surface area (Å²) >= 11 is 0. The molecule has 0 bridgehead atoms. The van der Waals surface area contributed by atoms with E-state index in [0.717, 1.165) is 44.0 Å². The number of epoxide rings is 2. The highest BCUT2D eigenvalue weighted by molar-refractivity contribution is 5.45. The second-order valence-electron chi connectivity index (χ2n) is 12.7. The Bertz CT molecular complexity index is 1050. The van der Waals surface area contributed by atoms with Crippen LogP contribution in [-0.2, 0) is 14.9 Å². The Labute approximate surface area is 217 Å². The van der Waals surface area contributed by atoms with Gasteiger partial charge in [0, 0.05) is 17.4 Å². The van der Waals surface area contributed by atoms with Gasteiger partial charge in [-0.25, -0.2) is 0 Å². The average molecular weight is 491 g/mol. The minimum absolute atomic E-state index is 0.0182. The Hall–Kier alpha value is -2.30. The standard InChI is InChI=1S/C32H42O4/c1-31(2,3)21-32(4,5)29-16-25(12-15-30(29)36-20-28-19-35-28)24-8-6-22(7-9-24)23-10-13-26(14-11-23)33-17-27-18-34-27/h6,8,10-16,22,24,27-28H,7,9,17-21H2,1-5H3. The van der Waals surface area contributed by atoms with Crippen molar-refractivity contribution in [2.24, 2.45) is 5.41 Å². The number of hydrogen-bond donors (Lipinski definition) is 0. The van der Waals surface area contributed by atoms with Crippen LogP contribution in [0, 0.1) is 5.41 Å². The smallest absolute Gasteiger partial charge is 0.123 e. The topological polar surface area (TPSA) is 43.5 Å². The summed E-state index contributed by atoms with van der Waals surface area (Å²) in [6.07, 6.45) is 8.75. The minimum atomic E-state index is 0.0182. The predicted octanol–water partition coefficient (Wildman–Crippen LogP) is 7.17. The largest absolute Gasteiger partial charge is 0.491 e. The maximum Gasteiger partial charge on any atom is 0.123 e. The molecule has 4 nitrogen and oxygen atoms in total. The lowest BCUT2D eigenvalue weighted by atomic mass is 9.71. The van der Waals surface area contributed by atoms with Crippen LogP contribution in [0.3, 0.4) is 0 Å². The Morgan fingerprint density at radius 1 is 0.750 bits per heavy atom. The van der Waals surface area contributed by atoms with Crippen LogP contribution in [0.15, 0.2) is 54.6 Å². The molecule has 0 saturated carbocycles. The summed E-state index contributed by atoms with van der Waals surface area (Å²) in [5, 5.41) is 0. The van der Waals surface area contributed by atoms with Crippen LogP contribution >= 0.6 is 0 Å². The zero-order chi connectivity index (χ0) is 25.3. The molecule has 0 N–H and O–H groups in total. The van der Waals surface area contributed by atoms with Crippen LogP contribution in [0.2, 0.25) is 0 Å². The van der Waals surface area contributed by atoms with Gasteiger partial charge < -0.3 is 18.9 Å². The number of benzene rings is 2. The molecule has 0 spiro atoms. The molecule has 3 aliphatic rings. The van der Waals surface area contributed by atoms with Gasteiger partial charge in [-0.05, 0) is 59.4 Å². The van der Waals surface area contributed by atoms with E-state index in [1.807, 2.05) is 0 Å². The molecule has 5 rings (SSSR count). The summed E-state index contributed by atoms with van der Waals surface area (Å²) in [6.45, 7) is 14.6. The second kappa shape index (κ2) is 10.2. The van der Waals surface area contributed by atoms with Gasteiger partial charge in [-0.15, -0.1) is 0 Å². The zero-order valence-corrected chi connectivity index (χ0v) is 22.6. The fraction of sp³-hybridized carbons (Fsp3) is 0.562.